The fourth-order valence-corrected chi connectivity index (χ4v) is 1.01. The first-order chi connectivity index (χ1) is 5.36. The van der Waals surface area contributed by atoms with Crippen LogP contribution in [-0.2, 0) is 0 Å². The van der Waals surface area contributed by atoms with Gasteiger partial charge in [0.05, 0.1) is 11.9 Å². The Morgan fingerprint density at radius 2 is 2.36 bits per heavy atom. The predicted octanol–water partition coefficient (Wildman–Crippen LogP) is 1.06. The van der Waals surface area contributed by atoms with Crippen molar-refractivity contribution in [3.8, 4) is 0 Å². The van der Waals surface area contributed by atoms with Gasteiger partial charge in [0, 0.05) is 6.26 Å². The molecule has 0 radical (unpaired) electrons. The van der Waals surface area contributed by atoms with Crippen molar-refractivity contribution < 1.29 is 0 Å². The Hall–Kier alpha value is -0.940. The van der Waals surface area contributed by atoms with Crippen molar-refractivity contribution in [1.82, 2.24) is 4.98 Å². The van der Waals surface area contributed by atoms with Gasteiger partial charge in [-0.2, -0.15) is 0 Å². The Morgan fingerprint density at radius 1 is 1.55 bits per heavy atom. The molecule has 0 bridgehead atoms. The Balaban J connectivity index is 2.66. The van der Waals surface area contributed by atoms with Gasteiger partial charge in [-0.05, 0) is 12.1 Å². The molecule has 4 nitrogen and oxygen atoms in total. The zero-order valence-electron chi connectivity index (χ0n) is 6.16. The first kappa shape index (κ1) is 8.16. The molecule has 0 aliphatic carbocycles. The maximum absolute atomic E-state index is 5.14. The van der Waals surface area contributed by atoms with Crippen LogP contribution < -0.4 is 16.0 Å². The number of nitrogens with one attached hydrogen (secondary N) is 2. The van der Waals surface area contributed by atoms with Crippen LogP contribution in [0.2, 0.25) is 0 Å². The molecule has 0 aliphatic rings. The summed E-state index contributed by atoms with van der Waals surface area (Å²) in [6.45, 7) is 0. The molecule has 60 valence electrons. The highest BCUT2D eigenvalue weighted by Gasteiger charge is 1.90. The lowest BCUT2D eigenvalue weighted by atomic mass is 10.4. The summed E-state index contributed by atoms with van der Waals surface area (Å²) in [7, 11) is 0. The molecule has 0 saturated heterocycles. The third-order valence-electron chi connectivity index (χ3n) is 1.13. The van der Waals surface area contributed by atoms with E-state index in [9.17, 15) is 0 Å². The van der Waals surface area contributed by atoms with Crippen LogP contribution in [0.4, 0.5) is 11.5 Å². The van der Waals surface area contributed by atoms with Gasteiger partial charge in [-0.25, -0.2) is 10.8 Å². The molecule has 5 heteroatoms. The predicted molar refractivity (Wildman–Crippen MR) is 49.2 cm³/mol. The van der Waals surface area contributed by atoms with Gasteiger partial charge in [0.1, 0.15) is 5.82 Å². The van der Waals surface area contributed by atoms with E-state index in [-0.39, 0.29) is 0 Å². The molecule has 0 amide bonds. The van der Waals surface area contributed by atoms with Gasteiger partial charge in [-0.15, -0.1) is 0 Å². The summed E-state index contributed by atoms with van der Waals surface area (Å²) in [6.07, 6.45) is 3.67. The van der Waals surface area contributed by atoms with Crippen molar-refractivity contribution in [3.05, 3.63) is 18.3 Å². The lowest BCUT2D eigenvalue weighted by Gasteiger charge is -2.01. The van der Waals surface area contributed by atoms with Crippen LogP contribution in [0.5, 0.6) is 0 Å². The minimum Gasteiger partial charge on any atom is -0.329 e. The molecular weight excluding hydrogens is 160 g/mol. The summed E-state index contributed by atoms with van der Waals surface area (Å²) < 4.78 is 3.04. The number of nitrogens with zero attached hydrogens (tertiary/aromatic N) is 1. The first-order valence-corrected chi connectivity index (χ1v) is 4.31. The lowest BCUT2D eigenvalue weighted by Crippen LogP contribution is -2.07. The van der Waals surface area contributed by atoms with Gasteiger partial charge >= 0.3 is 0 Å². The van der Waals surface area contributed by atoms with Crippen molar-refractivity contribution in [2.75, 3.05) is 16.4 Å². The van der Waals surface area contributed by atoms with Gasteiger partial charge in [-0.3, -0.25) is 0 Å². The van der Waals surface area contributed by atoms with Crippen LogP contribution in [-0.4, -0.2) is 11.2 Å². The van der Waals surface area contributed by atoms with E-state index in [2.05, 4.69) is 15.1 Å². The van der Waals surface area contributed by atoms with Crippen LogP contribution in [0.3, 0.4) is 0 Å². The molecule has 4 N–H and O–H groups in total. The average Bonchev–Trinajstić information content (AvgIpc) is 2.07. The zero-order valence-corrected chi connectivity index (χ0v) is 6.98. The van der Waals surface area contributed by atoms with E-state index in [1.807, 2.05) is 12.3 Å². The zero-order chi connectivity index (χ0) is 8.10. The number of anilines is 2. The van der Waals surface area contributed by atoms with Crippen molar-refractivity contribution >= 4 is 23.5 Å². The molecule has 0 spiro atoms. The van der Waals surface area contributed by atoms with E-state index >= 15 is 0 Å². The fraction of sp³-hybridized carbons (Fsp3) is 0.167. The molecule has 1 heterocycles. The molecule has 0 unspecified atom stereocenters. The van der Waals surface area contributed by atoms with Crippen LogP contribution in [0, 0.1) is 0 Å². The molecule has 0 aliphatic heterocycles. The van der Waals surface area contributed by atoms with Crippen LogP contribution in [0.1, 0.15) is 0 Å². The van der Waals surface area contributed by atoms with Crippen molar-refractivity contribution in [3.63, 3.8) is 0 Å². The second-order valence-electron chi connectivity index (χ2n) is 1.88. The maximum atomic E-state index is 5.14. The third-order valence-corrected chi connectivity index (χ3v) is 1.57. The Labute approximate surface area is 69.7 Å². The second kappa shape index (κ2) is 4.05. The van der Waals surface area contributed by atoms with Crippen molar-refractivity contribution in [2.24, 2.45) is 5.84 Å². The van der Waals surface area contributed by atoms with E-state index < -0.39 is 0 Å². The smallest absolute Gasteiger partial charge is 0.140 e. The first-order valence-electron chi connectivity index (χ1n) is 3.08. The van der Waals surface area contributed by atoms with Crippen LogP contribution >= 0.6 is 11.9 Å². The van der Waals surface area contributed by atoms with Gasteiger partial charge in [0.2, 0.25) is 0 Å². The number of nitrogens with two attached hydrogens (primary N) is 1. The van der Waals surface area contributed by atoms with Gasteiger partial charge in [0.15, 0.2) is 0 Å². The Bertz CT molecular complexity index is 210. The number of nitrogen functional groups attached to an aromatic ring is 1. The van der Waals surface area contributed by atoms with E-state index in [1.54, 1.807) is 12.3 Å². The Morgan fingerprint density at radius 3 is 2.82 bits per heavy atom. The molecule has 0 saturated carbocycles. The molecule has 11 heavy (non-hydrogen) atoms. The van der Waals surface area contributed by atoms with E-state index in [1.165, 1.54) is 11.9 Å². The summed E-state index contributed by atoms with van der Waals surface area (Å²) >= 11 is 1.53. The number of rotatable bonds is 3. The van der Waals surface area contributed by atoms with Gasteiger partial charge in [-0.1, -0.05) is 11.9 Å². The molecule has 0 fully saturated rings. The second-order valence-corrected chi connectivity index (χ2v) is 2.50. The maximum Gasteiger partial charge on any atom is 0.140 e. The number of aromatic nitrogens is 1. The summed E-state index contributed by atoms with van der Waals surface area (Å²) in [6, 6.07) is 3.71. The quantitative estimate of drug-likeness (QED) is 0.359. The molecule has 1 rings (SSSR count). The highest BCUT2D eigenvalue weighted by atomic mass is 32.2. The topological polar surface area (TPSA) is 63.0 Å². The highest BCUT2D eigenvalue weighted by Crippen LogP contribution is 2.11. The fourth-order valence-electron chi connectivity index (χ4n) is 0.657. The molecule has 1 aromatic rings. The Kier molecular flexibility index (Phi) is 3.00. The average molecular weight is 170 g/mol. The summed E-state index contributed by atoms with van der Waals surface area (Å²) in [5.74, 6) is 5.80. The SMILES string of the molecule is CSNc1ccc(NN)nc1. The minimum atomic E-state index is 0.664. The van der Waals surface area contributed by atoms with Crippen molar-refractivity contribution in [2.45, 2.75) is 0 Å². The number of hydrazine groups is 1. The number of hydrogen-bond donors (Lipinski definition) is 3. The van der Waals surface area contributed by atoms with Crippen LogP contribution in [0.15, 0.2) is 18.3 Å². The molecular formula is C6H10N4S. The van der Waals surface area contributed by atoms with E-state index in [0.29, 0.717) is 5.82 Å². The number of pyridine rings is 1. The largest absolute Gasteiger partial charge is 0.329 e. The minimum absolute atomic E-state index is 0.664. The molecule has 1 aromatic heterocycles. The summed E-state index contributed by atoms with van der Waals surface area (Å²) in [5, 5.41) is 0. The summed E-state index contributed by atoms with van der Waals surface area (Å²) in [4.78, 5) is 4.00. The third kappa shape index (κ3) is 2.28. The van der Waals surface area contributed by atoms with Crippen molar-refractivity contribution in [1.29, 1.82) is 0 Å². The highest BCUT2D eigenvalue weighted by molar-refractivity contribution is 7.99. The van der Waals surface area contributed by atoms with E-state index in [0.717, 1.165) is 5.69 Å². The van der Waals surface area contributed by atoms with E-state index in [4.69, 9.17) is 5.84 Å². The van der Waals surface area contributed by atoms with Gasteiger partial charge in [0.25, 0.3) is 0 Å². The molecule has 0 atom stereocenters. The van der Waals surface area contributed by atoms with Crippen LogP contribution in [0.25, 0.3) is 0 Å². The normalized spacial score (nSPS) is 9.27. The standard InChI is InChI=1S/C6H10N4S/c1-11-10-5-2-3-6(9-7)8-4-5/h2-4,10H,7H2,1H3,(H,8,9). The monoisotopic (exact) mass is 170 g/mol. The number of hydrogen-bond acceptors (Lipinski definition) is 5. The van der Waals surface area contributed by atoms with Gasteiger partial charge < -0.3 is 10.1 Å². The lowest BCUT2D eigenvalue weighted by molar-refractivity contribution is 1.23. The molecule has 0 aromatic carbocycles. The summed E-state index contributed by atoms with van der Waals surface area (Å²) in [5.41, 5.74) is 3.42.